The average Bonchev–Trinajstić information content (AvgIpc) is 3.08. The van der Waals surface area contributed by atoms with Crippen LogP contribution < -0.4 is 10.6 Å². The van der Waals surface area contributed by atoms with Gasteiger partial charge in [0.2, 0.25) is 0 Å². The van der Waals surface area contributed by atoms with E-state index in [0.717, 1.165) is 36.0 Å². The first-order valence-corrected chi connectivity index (χ1v) is 7.23. The predicted octanol–water partition coefficient (Wildman–Crippen LogP) is 2.89. The zero-order valence-electron chi connectivity index (χ0n) is 12.1. The molecule has 21 heavy (non-hydrogen) atoms. The summed E-state index contributed by atoms with van der Waals surface area (Å²) in [6, 6.07) is 7.75. The number of furan rings is 1. The number of hydrogen-bond donors (Lipinski definition) is 2. The third-order valence-corrected chi connectivity index (χ3v) is 4.05. The van der Waals surface area contributed by atoms with Crippen LogP contribution in [0.15, 0.2) is 28.7 Å². The molecule has 1 saturated heterocycles. The molecule has 1 fully saturated rings. The van der Waals surface area contributed by atoms with Crippen molar-refractivity contribution >= 4 is 29.3 Å². The summed E-state index contributed by atoms with van der Waals surface area (Å²) in [4.78, 5) is 12.2. The van der Waals surface area contributed by atoms with Crippen LogP contribution in [-0.2, 0) is 0 Å². The fraction of sp³-hybridized carbons (Fsp3) is 0.438. The van der Waals surface area contributed by atoms with Gasteiger partial charge < -0.3 is 15.1 Å². The van der Waals surface area contributed by atoms with Crippen molar-refractivity contribution in [1.29, 1.82) is 0 Å². The van der Waals surface area contributed by atoms with Crippen LogP contribution in [-0.4, -0.2) is 25.5 Å². The Labute approximate surface area is 130 Å². The quantitative estimate of drug-likeness (QED) is 0.913. The number of rotatable bonds is 4. The van der Waals surface area contributed by atoms with Crippen LogP contribution in [0, 0.1) is 12.8 Å². The van der Waals surface area contributed by atoms with E-state index in [1.807, 2.05) is 31.2 Å². The maximum absolute atomic E-state index is 12.2. The first-order chi connectivity index (χ1) is 9.75. The van der Waals surface area contributed by atoms with Crippen molar-refractivity contribution in [2.75, 3.05) is 19.6 Å². The van der Waals surface area contributed by atoms with Gasteiger partial charge in [0, 0.05) is 17.5 Å². The lowest BCUT2D eigenvalue weighted by Crippen LogP contribution is -2.26. The number of fused-ring (bicyclic) bond motifs is 1. The Morgan fingerprint density at radius 3 is 2.95 bits per heavy atom. The van der Waals surface area contributed by atoms with Gasteiger partial charge in [-0.15, -0.1) is 12.4 Å². The summed E-state index contributed by atoms with van der Waals surface area (Å²) in [6.07, 6.45) is 2.23. The van der Waals surface area contributed by atoms with Gasteiger partial charge in [-0.3, -0.25) is 4.79 Å². The Balaban J connectivity index is 0.00000161. The number of para-hydroxylation sites is 1. The molecule has 1 aliphatic rings. The van der Waals surface area contributed by atoms with Crippen molar-refractivity contribution < 1.29 is 9.21 Å². The minimum atomic E-state index is -0.107. The molecule has 0 bridgehead atoms. The van der Waals surface area contributed by atoms with E-state index in [2.05, 4.69) is 10.6 Å². The Bertz CT molecular complexity index is 618. The molecule has 1 aromatic heterocycles. The second-order valence-corrected chi connectivity index (χ2v) is 5.46. The molecule has 3 rings (SSSR count). The highest BCUT2D eigenvalue weighted by atomic mass is 35.5. The molecule has 1 unspecified atom stereocenters. The standard InChI is InChI=1S/C16H20N2O2.ClH/c1-11-13-4-2-3-5-14(13)20-15(11)16(19)18-9-7-12-6-8-17-10-12;/h2-5,12,17H,6-10H2,1H3,(H,18,19);1H. The van der Waals surface area contributed by atoms with Crippen LogP contribution in [0.2, 0.25) is 0 Å². The van der Waals surface area contributed by atoms with Crippen molar-refractivity contribution in [3.05, 3.63) is 35.6 Å². The Hall–Kier alpha value is -1.52. The van der Waals surface area contributed by atoms with Crippen LogP contribution in [0.5, 0.6) is 0 Å². The smallest absolute Gasteiger partial charge is 0.287 e. The van der Waals surface area contributed by atoms with Crippen molar-refractivity contribution in [3.63, 3.8) is 0 Å². The Morgan fingerprint density at radius 2 is 2.24 bits per heavy atom. The minimum Gasteiger partial charge on any atom is -0.451 e. The molecule has 2 heterocycles. The summed E-state index contributed by atoms with van der Waals surface area (Å²) in [5.41, 5.74) is 1.69. The van der Waals surface area contributed by atoms with E-state index in [1.54, 1.807) is 0 Å². The lowest BCUT2D eigenvalue weighted by Gasteiger charge is -2.08. The number of carbonyl (C=O) groups excluding carboxylic acids is 1. The number of amides is 1. The third-order valence-electron chi connectivity index (χ3n) is 4.05. The normalized spacial score (nSPS) is 17.7. The molecule has 1 aromatic carbocycles. The molecule has 0 radical (unpaired) electrons. The van der Waals surface area contributed by atoms with E-state index >= 15 is 0 Å². The first kappa shape index (κ1) is 15.9. The van der Waals surface area contributed by atoms with Gasteiger partial charge in [-0.1, -0.05) is 18.2 Å². The summed E-state index contributed by atoms with van der Waals surface area (Å²) in [5.74, 6) is 1.02. The van der Waals surface area contributed by atoms with Crippen molar-refractivity contribution in [1.82, 2.24) is 10.6 Å². The number of benzene rings is 1. The van der Waals surface area contributed by atoms with E-state index in [0.29, 0.717) is 18.2 Å². The molecule has 4 nitrogen and oxygen atoms in total. The molecular weight excluding hydrogens is 288 g/mol. The second kappa shape index (κ2) is 6.96. The number of carbonyl (C=O) groups is 1. The maximum atomic E-state index is 12.2. The highest BCUT2D eigenvalue weighted by Crippen LogP contribution is 2.24. The first-order valence-electron chi connectivity index (χ1n) is 7.23. The third kappa shape index (κ3) is 3.39. The van der Waals surface area contributed by atoms with Gasteiger partial charge in [-0.25, -0.2) is 0 Å². The number of halogens is 1. The van der Waals surface area contributed by atoms with Crippen molar-refractivity contribution in [2.45, 2.75) is 19.8 Å². The van der Waals surface area contributed by atoms with Gasteiger partial charge >= 0.3 is 0 Å². The summed E-state index contributed by atoms with van der Waals surface area (Å²) >= 11 is 0. The topological polar surface area (TPSA) is 54.3 Å². The number of nitrogens with one attached hydrogen (secondary N) is 2. The van der Waals surface area contributed by atoms with Crippen LogP contribution in [0.3, 0.4) is 0 Å². The molecule has 0 saturated carbocycles. The minimum absolute atomic E-state index is 0. The lowest BCUT2D eigenvalue weighted by atomic mass is 10.1. The van der Waals surface area contributed by atoms with Crippen LogP contribution in [0.4, 0.5) is 0 Å². The van der Waals surface area contributed by atoms with Gasteiger partial charge in [0.1, 0.15) is 5.58 Å². The number of hydrogen-bond acceptors (Lipinski definition) is 3. The van der Waals surface area contributed by atoms with Gasteiger partial charge in [0.05, 0.1) is 0 Å². The van der Waals surface area contributed by atoms with Gasteiger partial charge in [-0.05, 0) is 44.8 Å². The Morgan fingerprint density at radius 1 is 1.43 bits per heavy atom. The maximum Gasteiger partial charge on any atom is 0.287 e. The molecule has 0 spiro atoms. The molecule has 5 heteroatoms. The lowest BCUT2D eigenvalue weighted by molar-refractivity contribution is 0.0925. The monoisotopic (exact) mass is 308 g/mol. The second-order valence-electron chi connectivity index (χ2n) is 5.46. The van der Waals surface area contributed by atoms with E-state index in [4.69, 9.17) is 4.42 Å². The molecule has 114 valence electrons. The molecule has 2 N–H and O–H groups in total. The molecule has 2 aromatic rings. The highest BCUT2D eigenvalue weighted by molar-refractivity contribution is 5.98. The van der Waals surface area contributed by atoms with Crippen molar-refractivity contribution in [3.8, 4) is 0 Å². The van der Waals surface area contributed by atoms with E-state index in [-0.39, 0.29) is 18.3 Å². The summed E-state index contributed by atoms with van der Waals surface area (Å²) in [5, 5.41) is 7.32. The number of aryl methyl sites for hydroxylation is 1. The molecule has 1 atom stereocenters. The van der Waals surface area contributed by atoms with Crippen molar-refractivity contribution in [2.24, 2.45) is 5.92 Å². The summed E-state index contributed by atoms with van der Waals surface area (Å²) in [6.45, 7) is 4.81. The van der Waals surface area contributed by atoms with E-state index in [9.17, 15) is 4.79 Å². The van der Waals surface area contributed by atoms with Gasteiger partial charge in [0.15, 0.2) is 5.76 Å². The fourth-order valence-electron chi connectivity index (χ4n) is 2.82. The zero-order valence-corrected chi connectivity index (χ0v) is 13.0. The van der Waals surface area contributed by atoms with Crippen LogP contribution in [0.1, 0.15) is 29.0 Å². The largest absolute Gasteiger partial charge is 0.451 e. The van der Waals surface area contributed by atoms with Crippen LogP contribution >= 0.6 is 12.4 Å². The predicted molar refractivity (Wildman–Crippen MR) is 86.1 cm³/mol. The molecular formula is C16H21ClN2O2. The van der Waals surface area contributed by atoms with Gasteiger partial charge in [-0.2, -0.15) is 0 Å². The Kier molecular flexibility index (Phi) is 5.26. The molecule has 0 aliphatic carbocycles. The summed E-state index contributed by atoms with van der Waals surface area (Å²) in [7, 11) is 0. The van der Waals surface area contributed by atoms with Crippen LogP contribution in [0.25, 0.3) is 11.0 Å². The summed E-state index contributed by atoms with van der Waals surface area (Å²) < 4.78 is 5.66. The van der Waals surface area contributed by atoms with E-state index < -0.39 is 0 Å². The zero-order chi connectivity index (χ0) is 13.9. The highest BCUT2D eigenvalue weighted by Gasteiger charge is 2.18. The fourth-order valence-corrected chi connectivity index (χ4v) is 2.82. The molecule has 1 aliphatic heterocycles. The SMILES string of the molecule is Cc1c(C(=O)NCCC2CCNC2)oc2ccccc12.Cl. The van der Waals surface area contributed by atoms with E-state index in [1.165, 1.54) is 6.42 Å². The average molecular weight is 309 g/mol. The molecule has 1 amide bonds. The van der Waals surface area contributed by atoms with Gasteiger partial charge in [0.25, 0.3) is 5.91 Å².